The van der Waals surface area contributed by atoms with E-state index in [4.69, 9.17) is 0 Å². The number of sulfone groups is 1. The van der Waals surface area contributed by atoms with E-state index >= 15 is 0 Å². The van der Waals surface area contributed by atoms with Crippen molar-refractivity contribution in [2.24, 2.45) is 22.7 Å². The predicted octanol–water partition coefficient (Wildman–Crippen LogP) is 2.81. The van der Waals surface area contributed by atoms with E-state index < -0.39 is 9.84 Å². The number of nitrogens with zero attached hydrogens (tertiary/aromatic N) is 1. The fraction of sp³-hybridized carbons (Fsp3) is 0.941. The van der Waals surface area contributed by atoms with E-state index in [1.165, 1.54) is 25.7 Å². The van der Waals surface area contributed by atoms with Crippen molar-refractivity contribution in [2.45, 2.75) is 58.9 Å². The van der Waals surface area contributed by atoms with Gasteiger partial charge in [0.15, 0.2) is 15.8 Å². The summed E-state index contributed by atoms with van der Waals surface area (Å²) < 4.78 is 23.1. The zero-order chi connectivity index (χ0) is 16.9. The highest BCUT2D eigenvalue weighted by Crippen LogP contribution is 2.29. The molecule has 1 aliphatic heterocycles. The van der Waals surface area contributed by atoms with Crippen LogP contribution in [0.15, 0.2) is 4.99 Å². The minimum absolute atomic E-state index is 0. The summed E-state index contributed by atoms with van der Waals surface area (Å²) >= 11 is 0. The van der Waals surface area contributed by atoms with Crippen LogP contribution in [-0.4, -0.2) is 45.0 Å². The molecule has 1 saturated carbocycles. The summed E-state index contributed by atoms with van der Waals surface area (Å²) in [5.74, 6) is 3.31. The van der Waals surface area contributed by atoms with Gasteiger partial charge in [0.05, 0.1) is 11.5 Å². The lowest BCUT2D eigenvalue weighted by atomic mass is 9.80. The van der Waals surface area contributed by atoms with E-state index in [0.717, 1.165) is 30.8 Å². The molecule has 24 heavy (non-hydrogen) atoms. The predicted molar refractivity (Wildman–Crippen MR) is 112 cm³/mol. The standard InChI is InChI=1S/C17H33N3O2S.HI/c1-4-18-17(19-11-14-9-10-23(21,22)12-14)20-16-7-5-15(6-8-16)13(2)3;/h13-16H,4-12H2,1-3H3,(H2,18,19,20);1H. The third kappa shape index (κ3) is 7.06. The minimum Gasteiger partial charge on any atom is -0.357 e. The molecule has 5 nitrogen and oxygen atoms in total. The molecule has 0 spiro atoms. The quantitative estimate of drug-likeness (QED) is 0.368. The molecule has 0 aromatic heterocycles. The highest BCUT2D eigenvalue weighted by Gasteiger charge is 2.28. The Balaban J connectivity index is 0.00000288. The summed E-state index contributed by atoms with van der Waals surface area (Å²) in [7, 11) is -2.81. The molecule has 1 heterocycles. The SMILES string of the molecule is CCNC(=NCC1CCS(=O)(=O)C1)NC1CCC(C(C)C)CC1.I. The fourth-order valence-electron chi connectivity index (χ4n) is 3.68. The summed E-state index contributed by atoms with van der Waals surface area (Å²) in [6, 6.07) is 0.495. The van der Waals surface area contributed by atoms with Crippen LogP contribution in [0.5, 0.6) is 0 Å². The number of nitrogens with one attached hydrogen (secondary N) is 2. The Bertz CT molecular complexity index is 500. The molecule has 2 fully saturated rings. The Kier molecular flexibility index (Phi) is 9.33. The first-order valence-corrected chi connectivity index (χ1v) is 11.0. The van der Waals surface area contributed by atoms with E-state index in [1.807, 2.05) is 0 Å². The average molecular weight is 471 g/mol. The van der Waals surface area contributed by atoms with Gasteiger partial charge in [0.2, 0.25) is 0 Å². The number of guanidine groups is 1. The summed E-state index contributed by atoms with van der Waals surface area (Å²) in [6.07, 6.45) is 5.73. The minimum atomic E-state index is -2.81. The first-order valence-electron chi connectivity index (χ1n) is 9.15. The molecule has 1 unspecified atom stereocenters. The van der Waals surface area contributed by atoms with Gasteiger partial charge >= 0.3 is 0 Å². The number of hydrogen-bond donors (Lipinski definition) is 2. The largest absolute Gasteiger partial charge is 0.357 e. The second-order valence-electron chi connectivity index (χ2n) is 7.49. The summed E-state index contributed by atoms with van der Waals surface area (Å²) in [5, 5.41) is 6.85. The monoisotopic (exact) mass is 471 g/mol. The zero-order valence-electron chi connectivity index (χ0n) is 15.3. The molecule has 2 rings (SSSR count). The maximum absolute atomic E-state index is 11.5. The van der Waals surface area contributed by atoms with Crippen LogP contribution in [-0.2, 0) is 9.84 Å². The maximum atomic E-state index is 11.5. The molecule has 1 atom stereocenters. The molecule has 0 aromatic rings. The first-order chi connectivity index (χ1) is 10.9. The smallest absolute Gasteiger partial charge is 0.191 e. The third-order valence-electron chi connectivity index (χ3n) is 5.23. The highest BCUT2D eigenvalue weighted by molar-refractivity contribution is 14.0. The molecule has 7 heteroatoms. The molecule has 2 N–H and O–H groups in total. The van der Waals surface area contributed by atoms with Gasteiger partial charge in [0, 0.05) is 19.1 Å². The molecular weight excluding hydrogens is 437 g/mol. The third-order valence-corrected chi connectivity index (χ3v) is 7.07. The van der Waals surface area contributed by atoms with Gasteiger partial charge in [-0.2, -0.15) is 0 Å². The Hall–Kier alpha value is -0.0500. The Morgan fingerprint density at radius 3 is 2.33 bits per heavy atom. The molecule has 0 radical (unpaired) electrons. The van der Waals surface area contributed by atoms with Gasteiger partial charge in [0.1, 0.15) is 0 Å². The van der Waals surface area contributed by atoms with Gasteiger partial charge < -0.3 is 10.6 Å². The lowest BCUT2D eigenvalue weighted by Gasteiger charge is -2.32. The Morgan fingerprint density at radius 2 is 1.83 bits per heavy atom. The highest BCUT2D eigenvalue weighted by atomic mass is 127. The fourth-order valence-corrected chi connectivity index (χ4v) is 5.53. The normalized spacial score (nSPS) is 30.0. The van der Waals surface area contributed by atoms with Crippen LogP contribution in [0.25, 0.3) is 0 Å². The van der Waals surface area contributed by atoms with E-state index in [9.17, 15) is 8.42 Å². The van der Waals surface area contributed by atoms with Crippen molar-refractivity contribution in [1.29, 1.82) is 0 Å². The summed E-state index contributed by atoms with van der Waals surface area (Å²) in [6.45, 7) is 8.14. The molecule has 1 aliphatic carbocycles. The van der Waals surface area contributed by atoms with Gasteiger partial charge in [-0.05, 0) is 56.8 Å². The molecule has 0 aromatic carbocycles. The van der Waals surface area contributed by atoms with Crippen molar-refractivity contribution in [2.75, 3.05) is 24.6 Å². The van der Waals surface area contributed by atoms with Crippen LogP contribution in [0.1, 0.15) is 52.9 Å². The second kappa shape index (κ2) is 10.2. The van der Waals surface area contributed by atoms with E-state index in [2.05, 4.69) is 36.4 Å². The van der Waals surface area contributed by atoms with Crippen LogP contribution in [0.3, 0.4) is 0 Å². The van der Waals surface area contributed by atoms with Gasteiger partial charge in [-0.15, -0.1) is 24.0 Å². The van der Waals surface area contributed by atoms with Crippen molar-refractivity contribution in [3.63, 3.8) is 0 Å². The molecule has 0 amide bonds. The Labute approximate surface area is 164 Å². The summed E-state index contributed by atoms with van der Waals surface area (Å²) in [4.78, 5) is 4.64. The Morgan fingerprint density at radius 1 is 1.17 bits per heavy atom. The van der Waals surface area contributed by atoms with Crippen LogP contribution in [0.2, 0.25) is 0 Å². The lowest BCUT2D eigenvalue weighted by molar-refractivity contribution is 0.250. The number of halogens is 1. The number of hydrogen-bond acceptors (Lipinski definition) is 3. The van der Waals surface area contributed by atoms with Gasteiger partial charge in [-0.3, -0.25) is 4.99 Å². The van der Waals surface area contributed by atoms with Crippen LogP contribution in [0, 0.1) is 17.8 Å². The second-order valence-corrected chi connectivity index (χ2v) is 9.72. The van der Waals surface area contributed by atoms with Crippen molar-refractivity contribution in [3.05, 3.63) is 0 Å². The molecule has 142 valence electrons. The van der Waals surface area contributed by atoms with Crippen LogP contribution < -0.4 is 10.6 Å². The molecule has 2 aliphatic rings. The van der Waals surface area contributed by atoms with E-state index in [0.29, 0.717) is 24.1 Å². The number of rotatable bonds is 5. The van der Waals surface area contributed by atoms with Gasteiger partial charge in [-0.25, -0.2) is 8.42 Å². The van der Waals surface area contributed by atoms with Crippen LogP contribution >= 0.6 is 24.0 Å². The van der Waals surface area contributed by atoms with Crippen molar-refractivity contribution < 1.29 is 8.42 Å². The average Bonchev–Trinajstić information content (AvgIpc) is 2.85. The molecule has 0 bridgehead atoms. The van der Waals surface area contributed by atoms with Crippen molar-refractivity contribution in [1.82, 2.24) is 10.6 Å². The van der Waals surface area contributed by atoms with Crippen molar-refractivity contribution >= 4 is 39.8 Å². The maximum Gasteiger partial charge on any atom is 0.191 e. The first kappa shape index (κ1) is 22.0. The van der Waals surface area contributed by atoms with Crippen LogP contribution in [0.4, 0.5) is 0 Å². The van der Waals surface area contributed by atoms with Gasteiger partial charge in [-0.1, -0.05) is 13.8 Å². The molecular formula is C17H34IN3O2S. The van der Waals surface area contributed by atoms with Crippen molar-refractivity contribution in [3.8, 4) is 0 Å². The lowest BCUT2D eigenvalue weighted by Crippen LogP contribution is -2.45. The topological polar surface area (TPSA) is 70.6 Å². The van der Waals surface area contributed by atoms with E-state index in [-0.39, 0.29) is 29.9 Å². The number of aliphatic imine (C=N–C) groups is 1. The summed E-state index contributed by atoms with van der Waals surface area (Å²) in [5.41, 5.74) is 0. The molecule has 1 saturated heterocycles. The zero-order valence-corrected chi connectivity index (χ0v) is 18.4. The van der Waals surface area contributed by atoms with Gasteiger partial charge in [0.25, 0.3) is 0 Å². The van der Waals surface area contributed by atoms with E-state index in [1.54, 1.807) is 0 Å².